The van der Waals surface area contributed by atoms with Gasteiger partial charge in [0.1, 0.15) is 0 Å². The Labute approximate surface area is 179 Å². The third-order valence-corrected chi connectivity index (χ3v) is 7.78. The van der Waals surface area contributed by atoms with E-state index in [2.05, 4.69) is 5.32 Å². The number of carbonyl (C=O) groups excluding carboxylic acids is 1. The van der Waals surface area contributed by atoms with Crippen LogP contribution in [0.1, 0.15) is 35.2 Å². The molecular formula is C23H31N3O3S. The molecule has 1 N–H and O–H groups in total. The van der Waals surface area contributed by atoms with E-state index in [4.69, 9.17) is 0 Å². The summed E-state index contributed by atoms with van der Waals surface area (Å²) in [5, 5.41) is 3.02. The number of hydrogen-bond donors (Lipinski definition) is 1. The van der Waals surface area contributed by atoms with Crippen molar-refractivity contribution in [2.45, 2.75) is 38.6 Å². The number of nitrogens with one attached hydrogen (secondary N) is 1. The summed E-state index contributed by atoms with van der Waals surface area (Å²) in [6, 6.07) is 13.6. The van der Waals surface area contributed by atoms with Gasteiger partial charge in [-0.05, 0) is 44.4 Å². The SMILES string of the molecule is Cc1cc(C)c(S(=O)(=O)N2CCN(CC(=O)N[C@H](C)c3ccccc3)CC2)c(C)c1. The first-order chi connectivity index (χ1) is 14.2. The molecular weight excluding hydrogens is 398 g/mol. The summed E-state index contributed by atoms with van der Waals surface area (Å²) in [4.78, 5) is 14.9. The van der Waals surface area contributed by atoms with Crippen molar-refractivity contribution < 1.29 is 13.2 Å². The second-order valence-electron chi connectivity index (χ2n) is 8.11. The van der Waals surface area contributed by atoms with Crippen LogP contribution in [0.25, 0.3) is 0 Å². The largest absolute Gasteiger partial charge is 0.348 e. The van der Waals surface area contributed by atoms with Crippen LogP contribution in [0.5, 0.6) is 0 Å². The van der Waals surface area contributed by atoms with Gasteiger partial charge in [-0.25, -0.2) is 8.42 Å². The minimum Gasteiger partial charge on any atom is -0.348 e. The maximum absolute atomic E-state index is 13.2. The average Bonchev–Trinajstić information content (AvgIpc) is 2.68. The van der Waals surface area contributed by atoms with Crippen molar-refractivity contribution in [3.8, 4) is 0 Å². The van der Waals surface area contributed by atoms with Gasteiger partial charge in [0.2, 0.25) is 15.9 Å². The zero-order chi connectivity index (χ0) is 21.9. The summed E-state index contributed by atoms with van der Waals surface area (Å²) in [5.74, 6) is -0.0483. The molecule has 0 saturated carbocycles. The van der Waals surface area contributed by atoms with Crippen molar-refractivity contribution in [3.63, 3.8) is 0 Å². The Hall–Kier alpha value is -2.22. The summed E-state index contributed by atoms with van der Waals surface area (Å²) < 4.78 is 27.9. The highest BCUT2D eigenvalue weighted by Gasteiger charge is 2.31. The molecule has 1 fully saturated rings. The topological polar surface area (TPSA) is 69.7 Å². The normalized spacial score (nSPS) is 16.9. The van der Waals surface area contributed by atoms with Crippen LogP contribution < -0.4 is 5.32 Å². The summed E-state index contributed by atoms with van der Waals surface area (Å²) >= 11 is 0. The molecule has 7 heteroatoms. The molecule has 0 bridgehead atoms. The molecule has 3 rings (SSSR count). The molecule has 2 aromatic rings. The zero-order valence-electron chi connectivity index (χ0n) is 18.2. The maximum atomic E-state index is 13.2. The van der Waals surface area contributed by atoms with E-state index in [1.54, 1.807) is 4.31 Å². The molecule has 2 aromatic carbocycles. The number of aryl methyl sites for hydroxylation is 3. The van der Waals surface area contributed by atoms with E-state index in [1.807, 2.05) is 75.1 Å². The van der Waals surface area contributed by atoms with Crippen molar-refractivity contribution >= 4 is 15.9 Å². The van der Waals surface area contributed by atoms with Crippen LogP contribution in [-0.2, 0) is 14.8 Å². The number of rotatable bonds is 6. The Balaban J connectivity index is 1.57. The van der Waals surface area contributed by atoms with Gasteiger partial charge in [-0.3, -0.25) is 9.69 Å². The maximum Gasteiger partial charge on any atom is 0.243 e. The van der Waals surface area contributed by atoms with E-state index >= 15 is 0 Å². The lowest BCUT2D eigenvalue weighted by molar-refractivity contribution is -0.123. The fourth-order valence-corrected chi connectivity index (χ4v) is 5.98. The van der Waals surface area contributed by atoms with Crippen molar-refractivity contribution in [2.75, 3.05) is 32.7 Å². The minimum absolute atomic E-state index is 0.0483. The number of nitrogens with zero attached hydrogens (tertiary/aromatic N) is 2. The number of sulfonamides is 1. The van der Waals surface area contributed by atoms with Gasteiger partial charge in [-0.15, -0.1) is 0 Å². The molecule has 30 heavy (non-hydrogen) atoms. The fraction of sp³-hybridized carbons (Fsp3) is 0.435. The van der Waals surface area contributed by atoms with Crippen molar-refractivity contribution in [3.05, 3.63) is 64.7 Å². The lowest BCUT2D eigenvalue weighted by Crippen LogP contribution is -2.51. The first-order valence-corrected chi connectivity index (χ1v) is 11.8. The fourth-order valence-electron chi connectivity index (χ4n) is 4.15. The Morgan fingerprint density at radius 2 is 1.57 bits per heavy atom. The molecule has 6 nitrogen and oxygen atoms in total. The monoisotopic (exact) mass is 429 g/mol. The van der Waals surface area contributed by atoms with Gasteiger partial charge in [0.25, 0.3) is 0 Å². The van der Waals surface area contributed by atoms with Crippen LogP contribution in [0.3, 0.4) is 0 Å². The molecule has 1 saturated heterocycles. The van der Waals surface area contributed by atoms with Gasteiger partial charge in [0.05, 0.1) is 17.5 Å². The van der Waals surface area contributed by atoms with Crippen LogP contribution >= 0.6 is 0 Å². The van der Waals surface area contributed by atoms with E-state index in [-0.39, 0.29) is 18.5 Å². The average molecular weight is 430 g/mol. The van der Waals surface area contributed by atoms with Gasteiger partial charge in [-0.1, -0.05) is 48.0 Å². The molecule has 1 amide bonds. The molecule has 0 aromatic heterocycles. The van der Waals surface area contributed by atoms with Crippen LogP contribution in [0, 0.1) is 20.8 Å². The van der Waals surface area contributed by atoms with Crippen molar-refractivity contribution in [2.24, 2.45) is 0 Å². The molecule has 0 unspecified atom stereocenters. The molecule has 1 atom stereocenters. The summed E-state index contributed by atoms with van der Waals surface area (Å²) in [7, 11) is -3.54. The lowest BCUT2D eigenvalue weighted by atomic mass is 10.1. The van der Waals surface area contributed by atoms with Gasteiger partial charge >= 0.3 is 0 Å². The van der Waals surface area contributed by atoms with E-state index < -0.39 is 10.0 Å². The summed E-state index contributed by atoms with van der Waals surface area (Å²) in [6.45, 7) is 9.75. The molecule has 1 heterocycles. The van der Waals surface area contributed by atoms with E-state index in [0.29, 0.717) is 31.1 Å². The Morgan fingerprint density at radius 3 is 2.13 bits per heavy atom. The predicted molar refractivity (Wildman–Crippen MR) is 119 cm³/mol. The first kappa shape index (κ1) is 22.5. The number of carbonyl (C=O) groups is 1. The van der Waals surface area contributed by atoms with E-state index in [9.17, 15) is 13.2 Å². The highest BCUT2D eigenvalue weighted by Crippen LogP contribution is 2.26. The zero-order valence-corrected chi connectivity index (χ0v) is 19.0. The minimum atomic E-state index is -3.54. The smallest absolute Gasteiger partial charge is 0.243 e. The van der Waals surface area contributed by atoms with E-state index in [0.717, 1.165) is 22.3 Å². The quantitative estimate of drug-likeness (QED) is 0.767. The first-order valence-electron chi connectivity index (χ1n) is 10.3. The Bertz CT molecular complexity index is 975. The number of benzene rings is 2. The molecule has 0 aliphatic carbocycles. The predicted octanol–water partition coefficient (Wildman–Crippen LogP) is 2.80. The van der Waals surface area contributed by atoms with Gasteiger partial charge in [-0.2, -0.15) is 4.31 Å². The van der Waals surface area contributed by atoms with Crippen molar-refractivity contribution in [1.29, 1.82) is 0 Å². The Kier molecular flexibility index (Phi) is 6.95. The van der Waals surface area contributed by atoms with Crippen LogP contribution in [-0.4, -0.2) is 56.3 Å². The standard InChI is InChI=1S/C23H31N3O3S/c1-17-14-18(2)23(19(3)15-17)30(28,29)26-12-10-25(11-13-26)16-22(27)24-20(4)21-8-6-5-7-9-21/h5-9,14-15,20H,10-13,16H2,1-4H3,(H,24,27)/t20-/m1/s1. The third kappa shape index (κ3) is 5.09. The third-order valence-electron chi connectivity index (χ3n) is 5.58. The summed E-state index contributed by atoms with van der Waals surface area (Å²) in [5.41, 5.74) is 3.68. The van der Waals surface area contributed by atoms with Crippen LogP contribution in [0.15, 0.2) is 47.4 Å². The molecule has 1 aliphatic rings. The number of amides is 1. The molecule has 0 radical (unpaired) electrons. The van der Waals surface area contributed by atoms with Gasteiger partial charge < -0.3 is 5.32 Å². The van der Waals surface area contributed by atoms with Crippen LogP contribution in [0.4, 0.5) is 0 Å². The van der Waals surface area contributed by atoms with Crippen LogP contribution in [0.2, 0.25) is 0 Å². The lowest BCUT2D eigenvalue weighted by Gasteiger charge is -2.34. The number of hydrogen-bond acceptors (Lipinski definition) is 4. The second kappa shape index (κ2) is 9.29. The van der Waals surface area contributed by atoms with E-state index in [1.165, 1.54) is 0 Å². The second-order valence-corrected chi connectivity index (χ2v) is 9.98. The number of piperazine rings is 1. The summed E-state index contributed by atoms with van der Waals surface area (Å²) in [6.07, 6.45) is 0. The van der Waals surface area contributed by atoms with Gasteiger partial charge in [0.15, 0.2) is 0 Å². The Morgan fingerprint density at radius 1 is 1.00 bits per heavy atom. The highest BCUT2D eigenvalue weighted by atomic mass is 32.2. The molecule has 1 aliphatic heterocycles. The van der Waals surface area contributed by atoms with Gasteiger partial charge in [0, 0.05) is 26.2 Å². The molecule has 0 spiro atoms. The highest BCUT2D eigenvalue weighted by molar-refractivity contribution is 7.89. The van der Waals surface area contributed by atoms with Crippen molar-refractivity contribution in [1.82, 2.24) is 14.5 Å². The molecule has 162 valence electrons.